The van der Waals surface area contributed by atoms with Crippen molar-refractivity contribution in [3.8, 4) is 5.75 Å². The largest absolute Gasteiger partial charge is 0.497 e. The molecule has 0 bridgehead atoms. The van der Waals surface area contributed by atoms with Crippen molar-refractivity contribution in [1.29, 1.82) is 0 Å². The second-order valence-electron chi connectivity index (χ2n) is 7.83. The molecule has 3 rings (SSSR count). The van der Waals surface area contributed by atoms with Gasteiger partial charge in [-0.3, -0.25) is 14.7 Å². The number of benzene rings is 2. The molecule has 7 nitrogen and oxygen atoms in total. The number of nitrogens with one attached hydrogen (secondary N) is 3. The normalized spacial score (nSPS) is 19.1. The highest BCUT2D eigenvalue weighted by Gasteiger charge is 2.29. The highest BCUT2D eigenvalue weighted by Crippen LogP contribution is 2.20. The molecule has 1 aliphatic heterocycles. The molecule has 0 radical (unpaired) electrons. The van der Waals surface area contributed by atoms with E-state index in [9.17, 15) is 4.79 Å². The molecule has 2 atom stereocenters. The number of methoxy groups -OCH3 is 1. The lowest BCUT2D eigenvalue weighted by molar-refractivity contribution is 0.0954. The number of nitrogens with zero attached hydrogens (tertiary/aromatic N) is 2. The smallest absolute Gasteiger partial charge is 0.251 e. The number of hydrogen-bond donors (Lipinski definition) is 3. The molecule has 2 aromatic rings. The van der Waals surface area contributed by atoms with Gasteiger partial charge >= 0.3 is 0 Å². The van der Waals surface area contributed by atoms with Gasteiger partial charge in [-0.1, -0.05) is 36.4 Å². The van der Waals surface area contributed by atoms with Crippen LogP contribution in [0.4, 0.5) is 0 Å². The molecule has 1 saturated heterocycles. The maximum atomic E-state index is 12.3. The molecule has 1 fully saturated rings. The molecular weight excluding hydrogens is 390 g/mol. The van der Waals surface area contributed by atoms with Crippen LogP contribution in [0.1, 0.15) is 29.3 Å². The van der Waals surface area contributed by atoms with E-state index >= 15 is 0 Å². The van der Waals surface area contributed by atoms with Crippen molar-refractivity contribution in [3.05, 3.63) is 65.7 Å². The van der Waals surface area contributed by atoms with E-state index in [-0.39, 0.29) is 5.91 Å². The average molecular weight is 424 g/mol. The van der Waals surface area contributed by atoms with Crippen molar-refractivity contribution < 1.29 is 9.53 Å². The van der Waals surface area contributed by atoms with Gasteiger partial charge in [0, 0.05) is 50.9 Å². The number of hydrogen-bond acceptors (Lipinski definition) is 4. The fraction of sp³-hybridized carbons (Fsp3) is 0.417. The summed E-state index contributed by atoms with van der Waals surface area (Å²) >= 11 is 0. The summed E-state index contributed by atoms with van der Waals surface area (Å²) in [5.41, 5.74) is 1.92. The quantitative estimate of drug-likeness (QED) is 0.345. The number of guanidine groups is 1. The molecule has 1 amide bonds. The molecule has 1 aliphatic rings. The number of carbonyl (C=O) groups is 1. The summed E-state index contributed by atoms with van der Waals surface area (Å²) in [6.45, 7) is 5.30. The number of likely N-dealkylation sites (tertiary alicyclic amines) is 1. The van der Waals surface area contributed by atoms with Gasteiger partial charge < -0.3 is 20.7 Å². The van der Waals surface area contributed by atoms with E-state index in [0.717, 1.165) is 25.5 Å². The topological polar surface area (TPSA) is 78.0 Å². The Kier molecular flexibility index (Phi) is 8.29. The summed E-state index contributed by atoms with van der Waals surface area (Å²) in [5.74, 6) is 1.31. The molecule has 31 heavy (non-hydrogen) atoms. The van der Waals surface area contributed by atoms with E-state index in [2.05, 4.69) is 63.1 Å². The van der Waals surface area contributed by atoms with Gasteiger partial charge in [-0.2, -0.15) is 0 Å². The minimum Gasteiger partial charge on any atom is -0.497 e. The number of amides is 1. The Morgan fingerprint density at radius 3 is 2.65 bits per heavy atom. The summed E-state index contributed by atoms with van der Waals surface area (Å²) in [5, 5.41) is 9.72. The van der Waals surface area contributed by atoms with Crippen LogP contribution < -0.4 is 20.7 Å². The van der Waals surface area contributed by atoms with Crippen LogP contribution in [0.15, 0.2) is 59.6 Å². The Morgan fingerprint density at radius 2 is 1.90 bits per heavy atom. The first kappa shape index (κ1) is 22.6. The molecule has 7 heteroatoms. The van der Waals surface area contributed by atoms with Crippen molar-refractivity contribution in [2.45, 2.75) is 32.0 Å². The van der Waals surface area contributed by atoms with Gasteiger partial charge in [-0.25, -0.2) is 0 Å². The van der Waals surface area contributed by atoms with Crippen LogP contribution in [-0.4, -0.2) is 62.6 Å². The molecule has 1 heterocycles. The van der Waals surface area contributed by atoms with Crippen molar-refractivity contribution in [2.75, 3.05) is 33.8 Å². The first-order valence-electron chi connectivity index (χ1n) is 10.8. The second kappa shape index (κ2) is 11.4. The van der Waals surface area contributed by atoms with Gasteiger partial charge in [0.25, 0.3) is 5.91 Å². The number of ether oxygens (including phenoxy) is 1. The Bertz CT molecular complexity index is 871. The predicted molar refractivity (Wildman–Crippen MR) is 125 cm³/mol. The van der Waals surface area contributed by atoms with Gasteiger partial charge in [-0.05, 0) is 37.1 Å². The van der Waals surface area contributed by atoms with Crippen molar-refractivity contribution in [3.63, 3.8) is 0 Å². The third-order valence-electron chi connectivity index (χ3n) is 5.53. The SMILES string of the molecule is CN=C(NCCNC(=O)c1cccc(OC)c1)NC1CC(C)N(Cc2ccccc2)C1. The maximum absolute atomic E-state index is 12.3. The lowest BCUT2D eigenvalue weighted by Crippen LogP contribution is -2.46. The van der Waals surface area contributed by atoms with Gasteiger partial charge in [-0.15, -0.1) is 0 Å². The van der Waals surface area contributed by atoms with Crippen LogP contribution in [0, 0.1) is 0 Å². The van der Waals surface area contributed by atoms with Gasteiger partial charge in [0.2, 0.25) is 0 Å². The summed E-state index contributed by atoms with van der Waals surface area (Å²) in [6.07, 6.45) is 1.07. The average Bonchev–Trinajstić information content (AvgIpc) is 3.14. The molecule has 0 spiro atoms. The fourth-order valence-corrected chi connectivity index (χ4v) is 3.85. The summed E-state index contributed by atoms with van der Waals surface area (Å²) in [7, 11) is 3.36. The molecule has 0 aliphatic carbocycles. The standard InChI is InChI=1S/C24H33N5O2/c1-18-14-21(17-29(18)16-19-8-5-4-6-9-19)28-24(25-2)27-13-12-26-23(30)20-10-7-11-22(15-20)31-3/h4-11,15,18,21H,12-14,16-17H2,1-3H3,(H,26,30)(H2,25,27,28). The van der Waals surface area contributed by atoms with E-state index in [1.165, 1.54) is 5.56 Å². The summed E-state index contributed by atoms with van der Waals surface area (Å²) in [4.78, 5) is 19.1. The van der Waals surface area contributed by atoms with Crippen LogP contribution in [0.5, 0.6) is 5.75 Å². The number of carbonyl (C=O) groups excluding carboxylic acids is 1. The lowest BCUT2D eigenvalue weighted by atomic mass is 10.2. The predicted octanol–water partition coefficient (Wildman–Crippen LogP) is 2.25. The summed E-state index contributed by atoms with van der Waals surface area (Å²) in [6, 6.07) is 18.6. The maximum Gasteiger partial charge on any atom is 0.251 e. The third-order valence-corrected chi connectivity index (χ3v) is 5.53. The Morgan fingerprint density at radius 1 is 1.13 bits per heavy atom. The molecule has 0 saturated carbocycles. The summed E-state index contributed by atoms with van der Waals surface area (Å²) < 4.78 is 5.17. The van der Waals surface area contributed by atoms with Gasteiger partial charge in [0.05, 0.1) is 7.11 Å². The van der Waals surface area contributed by atoms with Gasteiger partial charge in [0.15, 0.2) is 5.96 Å². The molecule has 2 unspecified atom stereocenters. The zero-order valence-electron chi connectivity index (χ0n) is 18.6. The monoisotopic (exact) mass is 423 g/mol. The highest BCUT2D eigenvalue weighted by atomic mass is 16.5. The van der Waals surface area contributed by atoms with Crippen LogP contribution >= 0.6 is 0 Å². The zero-order valence-corrected chi connectivity index (χ0v) is 18.6. The van der Waals surface area contributed by atoms with E-state index in [0.29, 0.717) is 36.5 Å². The van der Waals surface area contributed by atoms with Crippen molar-refractivity contribution >= 4 is 11.9 Å². The Hall–Kier alpha value is -3.06. The third kappa shape index (κ3) is 6.72. The Labute approximate surface area is 184 Å². The molecular formula is C24H33N5O2. The van der Waals surface area contributed by atoms with E-state index < -0.39 is 0 Å². The Balaban J connectivity index is 1.40. The fourth-order valence-electron chi connectivity index (χ4n) is 3.85. The molecule has 166 valence electrons. The minimum absolute atomic E-state index is 0.121. The molecule has 2 aromatic carbocycles. The van der Waals surface area contributed by atoms with Crippen LogP contribution in [0.2, 0.25) is 0 Å². The van der Waals surface area contributed by atoms with E-state index in [4.69, 9.17) is 4.74 Å². The first-order valence-corrected chi connectivity index (χ1v) is 10.8. The van der Waals surface area contributed by atoms with E-state index in [1.807, 2.05) is 6.07 Å². The van der Waals surface area contributed by atoms with Gasteiger partial charge in [0.1, 0.15) is 5.75 Å². The van der Waals surface area contributed by atoms with Crippen molar-refractivity contribution in [1.82, 2.24) is 20.9 Å². The second-order valence-corrected chi connectivity index (χ2v) is 7.83. The first-order chi connectivity index (χ1) is 15.1. The number of rotatable bonds is 8. The van der Waals surface area contributed by atoms with Crippen LogP contribution in [0.3, 0.4) is 0 Å². The van der Waals surface area contributed by atoms with Crippen LogP contribution in [0.25, 0.3) is 0 Å². The molecule has 0 aromatic heterocycles. The lowest BCUT2D eigenvalue weighted by Gasteiger charge is -2.21. The van der Waals surface area contributed by atoms with Crippen molar-refractivity contribution in [2.24, 2.45) is 4.99 Å². The minimum atomic E-state index is -0.121. The van der Waals surface area contributed by atoms with E-state index in [1.54, 1.807) is 32.4 Å². The highest BCUT2D eigenvalue weighted by molar-refractivity contribution is 5.94. The zero-order chi connectivity index (χ0) is 22.1. The number of aliphatic imine (C=N–C) groups is 1. The molecule has 3 N–H and O–H groups in total. The van der Waals surface area contributed by atoms with Crippen LogP contribution in [-0.2, 0) is 6.54 Å².